The largest absolute Gasteiger partial charge is 0.398 e. The molecule has 1 aromatic carbocycles. The quantitative estimate of drug-likeness (QED) is 0.606. The molecule has 0 aliphatic rings. The van der Waals surface area contributed by atoms with Gasteiger partial charge in [-0.05, 0) is 24.5 Å². The van der Waals surface area contributed by atoms with Gasteiger partial charge in [0.1, 0.15) is 0 Å². The van der Waals surface area contributed by atoms with Gasteiger partial charge in [0.05, 0.1) is 0 Å². The predicted molar refractivity (Wildman–Crippen MR) is 64.0 cm³/mol. The number of nitrogens with two attached hydrogens (primary N) is 1. The summed E-state index contributed by atoms with van der Waals surface area (Å²) in [4.78, 5) is 11.8. The Hall–Kier alpha value is -1.31. The van der Waals surface area contributed by atoms with Crippen molar-refractivity contribution in [1.82, 2.24) is 0 Å². The van der Waals surface area contributed by atoms with E-state index < -0.39 is 0 Å². The highest BCUT2D eigenvalue weighted by molar-refractivity contribution is 5.97. The van der Waals surface area contributed by atoms with E-state index in [2.05, 4.69) is 13.8 Å². The molecule has 1 atom stereocenters. The van der Waals surface area contributed by atoms with Crippen LogP contribution >= 0.6 is 0 Å². The van der Waals surface area contributed by atoms with E-state index >= 15 is 0 Å². The number of Topliss-reactive ketones (excluding diaryl/α,β-unsaturated/α-hetero) is 1. The highest BCUT2D eigenvalue weighted by atomic mass is 16.1. The average molecular weight is 205 g/mol. The van der Waals surface area contributed by atoms with Crippen molar-refractivity contribution in [3.8, 4) is 0 Å². The number of hydrogen-bond acceptors (Lipinski definition) is 2. The molecule has 0 aliphatic carbocycles. The van der Waals surface area contributed by atoms with Crippen LogP contribution in [0, 0.1) is 12.8 Å². The van der Waals surface area contributed by atoms with Gasteiger partial charge in [-0.25, -0.2) is 0 Å². The van der Waals surface area contributed by atoms with E-state index in [1.54, 1.807) is 6.07 Å². The fourth-order valence-corrected chi connectivity index (χ4v) is 1.39. The summed E-state index contributed by atoms with van der Waals surface area (Å²) in [5.74, 6) is 0.635. The van der Waals surface area contributed by atoms with Crippen molar-refractivity contribution in [2.45, 2.75) is 33.6 Å². The molecule has 2 nitrogen and oxygen atoms in total. The second-order valence-electron chi connectivity index (χ2n) is 4.21. The molecule has 1 rings (SSSR count). The Morgan fingerprint density at radius 1 is 1.47 bits per heavy atom. The molecule has 0 fully saturated rings. The summed E-state index contributed by atoms with van der Waals surface area (Å²) in [6.45, 7) is 6.13. The minimum atomic E-state index is 0.191. The summed E-state index contributed by atoms with van der Waals surface area (Å²) < 4.78 is 0. The van der Waals surface area contributed by atoms with Gasteiger partial charge in [-0.2, -0.15) is 0 Å². The standard InChI is InChI=1S/C13H19NO/c1-4-9(2)7-13(15)11-6-5-10(3)12(14)8-11/h5-6,8-9H,4,7,14H2,1-3H3. The van der Waals surface area contributed by atoms with Crippen molar-refractivity contribution in [3.63, 3.8) is 0 Å². The third-order valence-corrected chi connectivity index (χ3v) is 2.83. The second kappa shape index (κ2) is 4.96. The van der Waals surface area contributed by atoms with Gasteiger partial charge in [-0.3, -0.25) is 4.79 Å². The molecule has 0 radical (unpaired) electrons. The van der Waals surface area contributed by atoms with Crippen LogP contribution in [0.5, 0.6) is 0 Å². The number of aryl methyl sites for hydroxylation is 1. The normalized spacial score (nSPS) is 12.5. The molecule has 0 aromatic heterocycles. The van der Waals surface area contributed by atoms with Crippen molar-refractivity contribution in [2.24, 2.45) is 5.92 Å². The van der Waals surface area contributed by atoms with Gasteiger partial charge in [0.25, 0.3) is 0 Å². The molecule has 0 heterocycles. The highest BCUT2D eigenvalue weighted by Crippen LogP contribution is 2.17. The number of carbonyl (C=O) groups is 1. The molecule has 0 amide bonds. The summed E-state index contributed by atoms with van der Waals surface area (Å²) >= 11 is 0. The van der Waals surface area contributed by atoms with Gasteiger partial charge < -0.3 is 5.73 Å². The fraction of sp³-hybridized carbons (Fsp3) is 0.462. The van der Waals surface area contributed by atoms with Crippen molar-refractivity contribution in [1.29, 1.82) is 0 Å². The summed E-state index contributed by atoms with van der Waals surface area (Å²) in [6.07, 6.45) is 1.64. The first-order valence-corrected chi connectivity index (χ1v) is 5.44. The van der Waals surface area contributed by atoms with Crippen LogP contribution in [0.25, 0.3) is 0 Å². The Balaban J connectivity index is 2.78. The molecule has 0 saturated carbocycles. The maximum atomic E-state index is 11.8. The van der Waals surface area contributed by atoms with Gasteiger partial charge in [-0.1, -0.05) is 32.4 Å². The van der Waals surface area contributed by atoms with E-state index in [-0.39, 0.29) is 5.78 Å². The molecule has 82 valence electrons. The van der Waals surface area contributed by atoms with Gasteiger partial charge in [0.15, 0.2) is 5.78 Å². The van der Waals surface area contributed by atoms with Crippen LogP contribution in [0.2, 0.25) is 0 Å². The Morgan fingerprint density at radius 3 is 2.67 bits per heavy atom. The van der Waals surface area contributed by atoms with Crippen LogP contribution in [-0.4, -0.2) is 5.78 Å². The highest BCUT2D eigenvalue weighted by Gasteiger charge is 2.10. The number of rotatable bonds is 4. The maximum absolute atomic E-state index is 11.8. The second-order valence-corrected chi connectivity index (χ2v) is 4.21. The third kappa shape index (κ3) is 3.08. The van der Waals surface area contributed by atoms with Crippen molar-refractivity contribution >= 4 is 11.5 Å². The number of nitrogen functional groups attached to an aromatic ring is 1. The van der Waals surface area contributed by atoms with E-state index in [9.17, 15) is 4.79 Å². The Labute approximate surface area is 91.5 Å². The molecule has 0 saturated heterocycles. The van der Waals surface area contributed by atoms with Gasteiger partial charge >= 0.3 is 0 Å². The fourth-order valence-electron chi connectivity index (χ4n) is 1.39. The molecule has 15 heavy (non-hydrogen) atoms. The molecular formula is C13H19NO. The van der Waals surface area contributed by atoms with Crippen LogP contribution in [0.15, 0.2) is 18.2 Å². The van der Waals surface area contributed by atoms with Crippen LogP contribution in [0.3, 0.4) is 0 Å². The number of hydrogen-bond donors (Lipinski definition) is 1. The number of ketones is 1. The smallest absolute Gasteiger partial charge is 0.163 e. The zero-order valence-corrected chi connectivity index (χ0v) is 9.71. The minimum absolute atomic E-state index is 0.191. The third-order valence-electron chi connectivity index (χ3n) is 2.83. The van der Waals surface area contributed by atoms with Crippen LogP contribution in [0.1, 0.15) is 42.6 Å². The van der Waals surface area contributed by atoms with Crippen molar-refractivity contribution in [3.05, 3.63) is 29.3 Å². The molecule has 2 N–H and O–H groups in total. The molecule has 0 spiro atoms. The number of benzene rings is 1. The van der Waals surface area contributed by atoms with E-state index in [1.807, 2.05) is 19.1 Å². The van der Waals surface area contributed by atoms with Gasteiger partial charge in [0, 0.05) is 17.7 Å². The Bertz CT molecular complexity index is 358. The van der Waals surface area contributed by atoms with E-state index in [1.165, 1.54) is 0 Å². The summed E-state index contributed by atoms with van der Waals surface area (Å²) in [6, 6.07) is 5.54. The zero-order chi connectivity index (χ0) is 11.4. The van der Waals surface area contributed by atoms with Crippen LogP contribution in [0.4, 0.5) is 5.69 Å². The lowest BCUT2D eigenvalue weighted by Gasteiger charge is -2.08. The monoisotopic (exact) mass is 205 g/mol. The molecular weight excluding hydrogens is 186 g/mol. The molecule has 1 aromatic rings. The van der Waals surface area contributed by atoms with Crippen molar-refractivity contribution < 1.29 is 4.79 Å². The van der Waals surface area contributed by atoms with E-state index in [0.717, 1.165) is 17.5 Å². The summed E-state index contributed by atoms with van der Waals surface area (Å²) in [5, 5.41) is 0. The molecule has 1 unspecified atom stereocenters. The lowest BCUT2D eigenvalue weighted by atomic mass is 9.97. The van der Waals surface area contributed by atoms with E-state index in [4.69, 9.17) is 5.73 Å². The minimum Gasteiger partial charge on any atom is -0.398 e. The molecule has 0 bridgehead atoms. The van der Waals surface area contributed by atoms with Crippen LogP contribution in [-0.2, 0) is 0 Å². The SMILES string of the molecule is CCC(C)CC(=O)c1ccc(C)c(N)c1. The topological polar surface area (TPSA) is 43.1 Å². The number of anilines is 1. The molecule has 2 heteroatoms. The first kappa shape index (κ1) is 11.8. The van der Waals surface area contributed by atoms with Gasteiger partial charge in [-0.15, -0.1) is 0 Å². The van der Waals surface area contributed by atoms with Crippen LogP contribution < -0.4 is 5.73 Å². The van der Waals surface area contributed by atoms with Crippen molar-refractivity contribution in [2.75, 3.05) is 5.73 Å². The van der Waals surface area contributed by atoms with E-state index in [0.29, 0.717) is 18.0 Å². The van der Waals surface area contributed by atoms with Gasteiger partial charge in [0.2, 0.25) is 0 Å². The zero-order valence-electron chi connectivity index (χ0n) is 9.71. The lowest BCUT2D eigenvalue weighted by Crippen LogP contribution is -2.06. The Kier molecular flexibility index (Phi) is 3.89. The Morgan fingerprint density at radius 2 is 2.13 bits per heavy atom. The summed E-state index contributed by atoms with van der Waals surface area (Å²) in [7, 11) is 0. The first-order valence-electron chi connectivity index (χ1n) is 5.44. The first-order chi connectivity index (χ1) is 7.04. The number of carbonyl (C=O) groups excluding carboxylic acids is 1. The summed E-state index contributed by atoms with van der Waals surface area (Å²) in [5.41, 5.74) is 8.23. The predicted octanol–water partition coefficient (Wildman–Crippen LogP) is 3.20. The maximum Gasteiger partial charge on any atom is 0.163 e. The average Bonchev–Trinajstić information content (AvgIpc) is 2.21. The lowest BCUT2D eigenvalue weighted by molar-refractivity contribution is 0.0963. The molecule has 0 aliphatic heterocycles.